The molecule has 1 aromatic carbocycles. The van der Waals surface area contributed by atoms with E-state index in [1.165, 1.54) is 0 Å². The van der Waals surface area contributed by atoms with Crippen LogP contribution < -0.4 is 0 Å². The molecule has 0 N–H and O–H groups in total. The number of aryl methyl sites for hydroxylation is 1. The summed E-state index contributed by atoms with van der Waals surface area (Å²) in [7, 11) is -3.49. The summed E-state index contributed by atoms with van der Waals surface area (Å²) in [5, 5.41) is 4.51. The number of hydrogen-bond acceptors (Lipinski definition) is 7. The molecule has 2 aliphatic heterocycles. The third-order valence-corrected chi connectivity index (χ3v) is 7.87. The second kappa shape index (κ2) is 9.08. The molecule has 2 atom stereocenters. The SMILES string of the molecule is Cc1ccc(-c2nn(CN3CCN(S(=O)(=O)N4CC(C)OC(C)C4)CC3)c(=S)o2)cc1. The van der Waals surface area contributed by atoms with Crippen molar-refractivity contribution in [3.8, 4) is 11.5 Å². The van der Waals surface area contributed by atoms with Crippen molar-refractivity contribution in [2.24, 2.45) is 0 Å². The molecule has 1 aromatic heterocycles. The van der Waals surface area contributed by atoms with E-state index in [1.54, 1.807) is 13.3 Å². The molecule has 0 radical (unpaired) electrons. The molecule has 4 rings (SSSR count). The van der Waals surface area contributed by atoms with E-state index in [4.69, 9.17) is 21.4 Å². The molecule has 11 heteroatoms. The zero-order chi connectivity index (χ0) is 22.2. The highest BCUT2D eigenvalue weighted by molar-refractivity contribution is 7.86. The zero-order valence-corrected chi connectivity index (χ0v) is 19.7. The van der Waals surface area contributed by atoms with Crippen molar-refractivity contribution in [3.05, 3.63) is 34.7 Å². The van der Waals surface area contributed by atoms with Crippen LogP contribution in [0.1, 0.15) is 19.4 Å². The second-order valence-corrected chi connectivity index (χ2v) is 10.6. The molecule has 3 heterocycles. The van der Waals surface area contributed by atoms with Gasteiger partial charge in [-0.15, -0.1) is 5.10 Å². The highest BCUT2D eigenvalue weighted by Crippen LogP contribution is 2.21. The molecule has 2 saturated heterocycles. The van der Waals surface area contributed by atoms with E-state index < -0.39 is 10.2 Å². The first-order chi connectivity index (χ1) is 14.7. The average Bonchev–Trinajstić information content (AvgIpc) is 3.08. The number of aromatic nitrogens is 2. The zero-order valence-electron chi connectivity index (χ0n) is 18.1. The first-order valence-corrected chi connectivity index (χ1v) is 12.3. The lowest BCUT2D eigenvalue weighted by Gasteiger charge is -2.40. The van der Waals surface area contributed by atoms with Crippen molar-refractivity contribution < 1.29 is 17.6 Å². The number of benzene rings is 1. The minimum atomic E-state index is -3.49. The van der Waals surface area contributed by atoms with Crippen LogP contribution in [0.2, 0.25) is 0 Å². The van der Waals surface area contributed by atoms with E-state index in [0.717, 1.165) is 11.1 Å². The number of nitrogens with zero attached hydrogens (tertiary/aromatic N) is 5. The van der Waals surface area contributed by atoms with Gasteiger partial charge in [-0.2, -0.15) is 17.0 Å². The standard InChI is InChI=1S/C20H29N5O4S2/c1-15-4-6-18(7-5-15)19-21-25(20(30)29-19)14-22-8-10-23(11-9-22)31(26,27)24-12-16(2)28-17(3)13-24/h4-7,16-17H,8-14H2,1-3H3. The summed E-state index contributed by atoms with van der Waals surface area (Å²) in [4.78, 5) is 2.44. The summed E-state index contributed by atoms with van der Waals surface area (Å²) in [5.41, 5.74) is 2.04. The molecule has 0 bridgehead atoms. The Morgan fingerprint density at radius 1 is 1.03 bits per heavy atom. The molecule has 31 heavy (non-hydrogen) atoms. The molecule has 0 saturated carbocycles. The van der Waals surface area contributed by atoms with Crippen molar-refractivity contribution in [3.63, 3.8) is 0 Å². The Morgan fingerprint density at radius 2 is 1.65 bits per heavy atom. The number of piperazine rings is 1. The number of rotatable bonds is 5. The molecule has 0 amide bonds. The fourth-order valence-corrected chi connectivity index (χ4v) is 5.91. The van der Waals surface area contributed by atoms with Gasteiger partial charge in [0, 0.05) is 44.8 Å². The van der Waals surface area contributed by atoms with E-state index in [2.05, 4.69) is 10.00 Å². The van der Waals surface area contributed by atoms with Crippen LogP contribution in [0.15, 0.2) is 28.7 Å². The minimum absolute atomic E-state index is 0.100. The summed E-state index contributed by atoms with van der Waals surface area (Å²) < 4.78 is 42.2. The largest absolute Gasteiger partial charge is 0.409 e. The Morgan fingerprint density at radius 3 is 2.26 bits per heavy atom. The van der Waals surface area contributed by atoms with Gasteiger partial charge in [0.25, 0.3) is 15.0 Å². The summed E-state index contributed by atoms with van der Waals surface area (Å²) in [6.07, 6.45) is -0.201. The molecule has 170 valence electrons. The lowest BCUT2D eigenvalue weighted by Crippen LogP contribution is -2.57. The van der Waals surface area contributed by atoms with Crippen molar-refractivity contribution in [1.82, 2.24) is 23.3 Å². The molecule has 0 spiro atoms. The maximum absolute atomic E-state index is 13.1. The van der Waals surface area contributed by atoms with Crippen LogP contribution in [0, 0.1) is 11.8 Å². The van der Waals surface area contributed by atoms with Gasteiger partial charge in [-0.25, -0.2) is 4.68 Å². The Hall–Kier alpha value is -1.63. The van der Waals surface area contributed by atoms with Gasteiger partial charge in [0.1, 0.15) is 0 Å². The van der Waals surface area contributed by atoms with Crippen LogP contribution in [0.4, 0.5) is 0 Å². The third-order valence-electron chi connectivity index (χ3n) is 5.61. The number of hydrogen-bond donors (Lipinski definition) is 0. The van der Waals surface area contributed by atoms with Crippen LogP contribution in [-0.4, -0.2) is 83.2 Å². The summed E-state index contributed by atoms with van der Waals surface area (Å²) in [5.74, 6) is 0.488. The molecule has 0 aliphatic carbocycles. The van der Waals surface area contributed by atoms with Gasteiger partial charge in [-0.3, -0.25) is 4.90 Å². The number of morpholine rings is 1. The smallest absolute Gasteiger partial charge is 0.288 e. The summed E-state index contributed by atoms with van der Waals surface area (Å²) in [6.45, 7) is 9.14. The van der Waals surface area contributed by atoms with Gasteiger partial charge in [0.2, 0.25) is 5.89 Å². The Bertz CT molecular complexity index is 1050. The average molecular weight is 468 g/mol. The third kappa shape index (κ3) is 5.07. The van der Waals surface area contributed by atoms with Crippen molar-refractivity contribution in [1.29, 1.82) is 0 Å². The van der Waals surface area contributed by atoms with Crippen molar-refractivity contribution >= 4 is 22.4 Å². The van der Waals surface area contributed by atoms with Crippen molar-refractivity contribution in [2.45, 2.75) is 39.6 Å². The molecule has 9 nitrogen and oxygen atoms in total. The van der Waals surface area contributed by atoms with Crippen LogP contribution in [-0.2, 0) is 21.6 Å². The highest BCUT2D eigenvalue weighted by Gasteiger charge is 2.36. The summed E-state index contributed by atoms with van der Waals surface area (Å²) >= 11 is 5.34. The predicted octanol–water partition coefficient (Wildman–Crippen LogP) is 2.11. The second-order valence-electron chi connectivity index (χ2n) is 8.28. The fraction of sp³-hybridized carbons (Fsp3) is 0.600. The maximum Gasteiger partial charge on any atom is 0.288 e. The van der Waals surface area contributed by atoms with Gasteiger partial charge >= 0.3 is 0 Å². The lowest BCUT2D eigenvalue weighted by atomic mass is 10.1. The van der Waals surface area contributed by atoms with Crippen LogP contribution in [0.5, 0.6) is 0 Å². The Kier molecular flexibility index (Phi) is 6.61. The van der Waals surface area contributed by atoms with Crippen LogP contribution in [0.25, 0.3) is 11.5 Å². The normalized spacial score (nSPS) is 24.5. The maximum atomic E-state index is 13.1. The van der Waals surface area contributed by atoms with E-state index in [0.29, 0.717) is 56.7 Å². The monoisotopic (exact) mass is 467 g/mol. The minimum Gasteiger partial charge on any atom is -0.409 e. The van der Waals surface area contributed by atoms with Crippen LogP contribution >= 0.6 is 12.2 Å². The quantitative estimate of drug-likeness (QED) is 0.623. The molecule has 2 aromatic rings. The number of ether oxygens (including phenoxy) is 1. The molecule has 2 fully saturated rings. The first kappa shape index (κ1) is 22.6. The van der Waals surface area contributed by atoms with Gasteiger partial charge in [-0.1, -0.05) is 17.7 Å². The van der Waals surface area contributed by atoms with E-state index in [1.807, 2.05) is 45.0 Å². The lowest BCUT2D eigenvalue weighted by molar-refractivity contribution is -0.0458. The van der Waals surface area contributed by atoms with Gasteiger partial charge in [0.05, 0.1) is 18.9 Å². The first-order valence-electron chi connectivity index (χ1n) is 10.5. The highest BCUT2D eigenvalue weighted by atomic mass is 32.2. The molecular weight excluding hydrogens is 438 g/mol. The fourth-order valence-electron chi connectivity index (χ4n) is 3.98. The Labute approximate surface area is 188 Å². The van der Waals surface area contributed by atoms with Gasteiger partial charge < -0.3 is 9.15 Å². The van der Waals surface area contributed by atoms with E-state index >= 15 is 0 Å². The Balaban J connectivity index is 1.37. The topological polar surface area (TPSA) is 84.1 Å². The van der Waals surface area contributed by atoms with Crippen LogP contribution in [0.3, 0.4) is 0 Å². The van der Waals surface area contributed by atoms with E-state index in [-0.39, 0.29) is 12.2 Å². The van der Waals surface area contributed by atoms with Crippen molar-refractivity contribution in [2.75, 3.05) is 39.3 Å². The summed E-state index contributed by atoms with van der Waals surface area (Å²) in [6, 6.07) is 7.92. The predicted molar refractivity (Wildman–Crippen MR) is 119 cm³/mol. The van der Waals surface area contributed by atoms with Gasteiger partial charge in [0.15, 0.2) is 0 Å². The van der Waals surface area contributed by atoms with E-state index in [9.17, 15) is 8.42 Å². The molecule has 2 aliphatic rings. The molecule has 2 unspecified atom stereocenters. The molecular formula is C20H29N5O4S2. The van der Waals surface area contributed by atoms with Gasteiger partial charge in [-0.05, 0) is 45.1 Å².